The van der Waals surface area contributed by atoms with Crippen molar-refractivity contribution in [1.82, 2.24) is 0 Å². The highest BCUT2D eigenvalue weighted by atomic mass is 19.2. The van der Waals surface area contributed by atoms with Crippen LogP contribution in [0.2, 0.25) is 0 Å². The zero-order valence-electron chi connectivity index (χ0n) is 11.8. The van der Waals surface area contributed by atoms with Crippen LogP contribution in [-0.4, -0.2) is 7.11 Å². The minimum absolute atomic E-state index is 0.0771. The molecule has 0 amide bonds. The molecule has 0 spiro atoms. The second-order valence-corrected chi connectivity index (χ2v) is 4.52. The van der Waals surface area contributed by atoms with E-state index >= 15 is 0 Å². The summed E-state index contributed by atoms with van der Waals surface area (Å²) in [6.07, 6.45) is 0.498. The summed E-state index contributed by atoms with van der Waals surface area (Å²) < 4.78 is 46.8. The second kappa shape index (κ2) is 6.48. The lowest BCUT2D eigenvalue weighted by molar-refractivity contribution is 0.414. The van der Waals surface area contributed by atoms with Gasteiger partial charge in [-0.3, -0.25) is 0 Å². The van der Waals surface area contributed by atoms with Crippen LogP contribution in [0.1, 0.15) is 23.6 Å². The molecule has 4 heteroatoms. The van der Waals surface area contributed by atoms with Gasteiger partial charge in [0.05, 0.1) is 7.11 Å². The van der Waals surface area contributed by atoms with Gasteiger partial charge in [0.25, 0.3) is 0 Å². The van der Waals surface area contributed by atoms with Crippen LogP contribution in [0.5, 0.6) is 5.75 Å². The maximum atomic E-state index is 14.1. The van der Waals surface area contributed by atoms with Gasteiger partial charge in [-0.05, 0) is 42.3 Å². The summed E-state index contributed by atoms with van der Waals surface area (Å²) in [6.45, 7) is 1.79. The van der Waals surface area contributed by atoms with Crippen LogP contribution >= 0.6 is 0 Å². The number of rotatable bonds is 4. The van der Waals surface area contributed by atoms with Gasteiger partial charge < -0.3 is 4.74 Å². The van der Waals surface area contributed by atoms with Gasteiger partial charge in [0.1, 0.15) is 11.6 Å². The lowest BCUT2D eigenvalue weighted by Gasteiger charge is -2.06. The minimum atomic E-state index is -1.08. The van der Waals surface area contributed by atoms with E-state index in [1.165, 1.54) is 43.5 Å². The Morgan fingerprint density at radius 1 is 0.952 bits per heavy atom. The summed E-state index contributed by atoms with van der Waals surface area (Å²) in [4.78, 5) is 0. The maximum Gasteiger partial charge on any atom is 0.166 e. The molecule has 21 heavy (non-hydrogen) atoms. The molecule has 0 heterocycles. The molecule has 0 bridgehead atoms. The van der Waals surface area contributed by atoms with E-state index in [-0.39, 0.29) is 11.1 Å². The SMILES string of the molecule is CCc1ccc(/C(F)=C(\F)c2ccc(OC)cc2)cc1F. The van der Waals surface area contributed by atoms with Gasteiger partial charge in [-0.25, -0.2) is 13.2 Å². The quantitative estimate of drug-likeness (QED) is 0.707. The molecule has 2 aromatic rings. The van der Waals surface area contributed by atoms with E-state index in [4.69, 9.17) is 4.74 Å². The monoisotopic (exact) mass is 292 g/mol. The first kappa shape index (κ1) is 15.2. The minimum Gasteiger partial charge on any atom is -0.497 e. The van der Waals surface area contributed by atoms with E-state index in [9.17, 15) is 13.2 Å². The molecule has 0 aliphatic rings. The molecule has 0 unspecified atom stereocenters. The van der Waals surface area contributed by atoms with Crippen molar-refractivity contribution in [3.05, 3.63) is 65.0 Å². The molecule has 0 N–H and O–H groups in total. The van der Waals surface area contributed by atoms with Gasteiger partial charge in [-0.15, -0.1) is 0 Å². The molecule has 0 atom stereocenters. The Kier molecular flexibility index (Phi) is 4.68. The molecule has 1 nitrogen and oxygen atoms in total. The molecular weight excluding hydrogens is 277 g/mol. The molecule has 0 radical (unpaired) electrons. The van der Waals surface area contributed by atoms with Crippen LogP contribution in [0.3, 0.4) is 0 Å². The molecule has 0 aliphatic heterocycles. The number of methoxy groups -OCH3 is 1. The van der Waals surface area contributed by atoms with Crippen LogP contribution in [-0.2, 0) is 6.42 Å². The van der Waals surface area contributed by atoms with E-state index in [0.29, 0.717) is 17.7 Å². The fraction of sp³-hybridized carbons (Fsp3) is 0.176. The number of aryl methyl sites for hydroxylation is 1. The molecule has 2 rings (SSSR count). The standard InChI is InChI=1S/C17H15F3O/c1-3-11-4-5-13(10-15(11)18)17(20)16(19)12-6-8-14(21-2)9-7-12/h4-10H,3H2,1-2H3/b17-16+. The van der Waals surface area contributed by atoms with Crippen LogP contribution in [0.15, 0.2) is 42.5 Å². The van der Waals surface area contributed by atoms with E-state index in [2.05, 4.69) is 0 Å². The highest BCUT2D eigenvalue weighted by molar-refractivity contribution is 5.83. The predicted octanol–water partition coefficient (Wildman–Crippen LogP) is 5.16. The van der Waals surface area contributed by atoms with Crippen molar-refractivity contribution in [2.45, 2.75) is 13.3 Å². The number of ether oxygens (including phenoxy) is 1. The van der Waals surface area contributed by atoms with Crippen LogP contribution < -0.4 is 4.74 Å². The molecule has 0 aliphatic carbocycles. The van der Waals surface area contributed by atoms with Gasteiger partial charge in [0.15, 0.2) is 11.7 Å². The third kappa shape index (κ3) is 3.27. The third-order valence-corrected chi connectivity index (χ3v) is 3.22. The van der Waals surface area contributed by atoms with Gasteiger partial charge in [-0.1, -0.05) is 19.1 Å². The lowest BCUT2D eigenvalue weighted by Crippen LogP contribution is -1.91. The fourth-order valence-electron chi connectivity index (χ4n) is 1.96. The summed E-state index contributed by atoms with van der Waals surface area (Å²) in [5.74, 6) is -2.10. The Morgan fingerprint density at radius 2 is 1.52 bits per heavy atom. The normalized spacial score (nSPS) is 12.0. The maximum absolute atomic E-state index is 14.1. The lowest BCUT2D eigenvalue weighted by atomic mass is 10.1. The molecular formula is C17H15F3O. The molecule has 0 saturated carbocycles. The van der Waals surface area contributed by atoms with Crippen molar-refractivity contribution < 1.29 is 17.9 Å². The van der Waals surface area contributed by atoms with Gasteiger partial charge in [0, 0.05) is 11.1 Å². The van der Waals surface area contributed by atoms with Crippen LogP contribution in [0, 0.1) is 5.82 Å². The van der Waals surface area contributed by atoms with Crippen molar-refractivity contribution in [2.24, 2.45) is 0 Å². The topological polar surface area (TPSA) is 9.23 Å². The summed E-state index contributed by atoms with van der Waals surface area (Å²) in [5.41, 5.74) is 0.433. The predicted molar refractivity (Wildman–Crippen MR) is 77.8 cm³/mol. The van der Waals surface area contributed by atoms with E-state index in [1.807, 2.05) is 0 Å². The molecule has 110 valence electrons. The highest BCUT2D eigenvalue weighted by Crippen LogP contribution is 2.30. The first-order valence-electron chi connectivity index (χ1n) is 6.55. The average Bonchev–Trinajstić information content (AvgIpc) is 2.53. The van der Waals surface area contributed by atoms with Crippen molar-refractivity contribution in [1.29, 1.82) is 0 Å². The van der Waals surface area contributed by atoms with Crippen molar-refractivity contribution in [2.75, 3.05) is 7.11 Å². The van der Waals surface area contributed by atoms with Gasteiger partial charge >= 0.3 is 0 Å². The summed E-state index contributed by atoms with van der Waals surface area (Å²) in [6, 6.07) is 9.73. The zero-order valence-corrected chi connectivity index (χ0v) is 11.8. The summed E-state index contributed by atoms with van der Waals surface area (Å²) >= 11 is 0. The fourth-order valence-corrected chi connectivity index (χ4v) is 1.96. The average molecular weight is 292 g/mol. The first-order chi connectivity index (χ1) is 10.1. The number of halogens is 3. The Labute approximate surface area is 121 Å². The van der Waals surface area contributed by atoms with Crippen LogP contribution in [0.25, 0.3) is 11.7 Å². The summed E-state index contributed by atoms with van der Waals surface area (Å²) in [7, 11) is 1.49. The van der Waals surface area contributed by atoms with Crippen molar-refractivity contribution in [3.8, 4) is 5.75 Å². The number of benzene rings is 2. The van der Waals surface area contributed by atoms with Crippen LogP contribution in [0.4, 0.5) is 13.2 Å². The second-order valence-electron chi connectivity index (χ2n) is 4.52. The number of hydrogen-bond acceptors (Lipinski definition) is 1. The molecule has 0 saturated heterocycles. The molecule has 0 fully saturated rings. The first-order valence-corrected chi connectivity index (χ1v) is 6.55. The van der Waals surface area contributed by atoms with Crippen molar-refractivity contribution in [3.63, 3.8) is 0 Å². The summed E-state index contributed by atoms with van der Waals surface area (Å²) in [5, 5.41) is 0. The van der Waals surface area contributed by atoms with Gasteiger partial charge in [0.2, 0.25) is 0 Å². The van der Waals surface area contributed by atoms with E-state index < -0.39 is 17.5 Å². The number of hydrogen-bond donors (Lipinski definition) is 0. The Balaban J connectivity index is 2.38. The molecule has 0 aromatic heterocycles. The van der Waals surface area contributed by atoms with Gasteiger partial charge in [-0.2, -0.15) is 0 Å². The zero-order chi connectivity index (χ0) is 15.4. The van der Waals surface area contributed by atoms with E-state index in [0.717, 1.165) is 6.07 Å². The largest absolute Gasteiger partial charge is 0.497 e. The third-order valence-electron chi connectivity index (χ3n) is 3.22. The van der Waals surface area contributed by atoms with E-state index in [1.54, 1.807) is 6.92 Å². The Morgan fingerprint density at radius 3 is 2.05 bits per heavy atom. The Bertz CT molecular complexity index is 660. The Hall–Kier alpha value is -2.23. The highest BCUT2D eigenvalue weighted by Gasteiger charge is 2.13. The van der Waals surface area contributed by atoms with Crippen molar-refractivity contribution >= 4 is 11.7 Å². The molecule has 2 aromatic carbocycles. The smallest absolute Gasteiger partial charge is 0.166 e.